The van der Waals surface area contributed by atoms with Crippen molar-refractivity contribution in [2.45, 2.75) is 76.7 Å². The van der Waals surface area contributed by atoms with E-state index < -0.39 is 5.60 Å². The fraction of sp³-hybridized carbons (Fsp3) is 0.654. The molecule has 6 nitrogen and oxygen atoms in total. The van der Waals surface area contributed by atoms with E-state index in [0.717, 1.165) is 89.3 Å². The predicted octanol–water partition coefficient (Wildman–Crippen LogP) is 4.70. The van der Waals surface area contributed by atoms with Gasteiger partial charge in [-0.15, -0.1) is 0 Å². The van der Waals surface area contributed by atoms with Crippen LogP contribution in [0.15, 0.2) is 36.7 Å². The molecule has 0 radical (unpaired) electrons. The van der Waals surface area contributed by atoms with Crippen molar-refractivity contribution in [2.24, 2.45) is 0 Å². The van der Waals surface area contributed by atoms with Gasteiger partial charge in [0, 0.05) is 45.0 Å². The van der Waals surface area contributed by atoms with E-state index in [2.05, 4.69) is 51.4 Å². The van der Waals surface area contributed by atoms with Crippen molar-refractivity contribution in [1.82, 2.24) is 15.3 Å². The molecule has 1 atom stereocenters. The lowest BCUT2D eigenvalue weighted by atomic mass is 9.87. The number of benzene rings is 1. The molecule has 2 aromatic rings. The summed E-state index contributed by atoms with van der Waals surface area (Å²) in [6.45, 7) is 7.06. The summed E-state index contributed by atoms with van der Waals surface area (Å²) in [5.74, 6) is 1.89. The van der Waals surface area contributed by atoms with E-state index in [-0.39, 0.29) is 0 Å². The molecule has 0 bridgehead atoms. The van der Waals surface area contributed by atoms with Gasteiger partial charge in [0.05, 0.1) is 17.9 Å². The molecular formula is C26H42N4O2. The molecule has 3 rings (SSSR count). The van der Waals surface area contributed by atoms with Gasteiger partial charge in [-0.1, -0.05) is 57.6 Å². The average molecular weight is 443 g/mol. The van der Waals surface area contributed by atoms with Gasteiger partial charge in [0.15, 0.2) is 0 Å². The summed E-state index contributed by atoms with van der Waals surface area (Å²) in [6, 6.07) is 8.40. The highest BCUT2D eigenvalue weighted by atomic mass is 16.5. The summed E-state index contributed by atoms with van der Waals surface area (Å²) in [5.41, 5.74) is 0.565. The minimum absolute atomic E-state index is 0.621. The number of aromatic amines is 1. The first-order valence-corrected chi connectivity index (χ1v) is 12.6. The van der Waals surface area contributed by atoms with E-state index in [1.165, 1.54) is 18.5 Å². The Morgan fingerprint density at radius 2 is 1.78 bits per heavy atom. The molecule has 178 valence electrons. The maximum absolute atomic E-state index is 11.2. The summed E-state index contributed by atoms with van der Waals surface area (Å²) in [6.07, 6.45) is 13.7. The third-order valence-corrected chi connectivity index (χ3v) is 6.41. The van der Waals surface area contributed by atoms with E-state index in [1.807, 2.05) is 6.20 Å². The molecule has 0 amide bonds. The number of piperazine rings is 1. The van der Waals surface area contributed by atoms with Crippen LogP contribution in [-0.4, -0.2) is 53.5 Å². The molecule has 1 unspecified atom stereocenters. The van der Waals surface area contributed by atoms with Crippen LogP contribution in [-0.2, 0) is 6.42 Å². The monoisotopic (exact) mass is 442 g/mol. The normalized spacial score (nSPS) is 16.1. The molecule has 0 aliphatic carbocycles. The number of ether oxygens (including phenoxy) is 1. The Hall–Kier alpha value is -2.05. The van der Waals surface area contributed by atoms with Crippen LogP contribution in [0.5, 0.6) is 5.75 Å². The Kier molecular flexibility index (Phi) is 10.4. The Morgan fingerprint density at radius 1 is 1.03 bits per heavy atom. The third kappa shape index (κ3) is 8.14. The van der Waals surface area contributed by atoms with Crippen LogP contribution in [0.4, 0.5) is 5.69 Å². The number of imidazole rings is 1. The number of rotatable bonds is 15. The van der Waals surface area contributed by atoms with Gasteiger partial charge in [-0.3, -0.25) is 0 Å². The molecule has 1 aromatic heterocycles. The molecule has 3 N–H and O–H groups in total. The second kappa shape index (κ2) is 13.5. The molecule has 0 spiro atoms. The second-order valence-corrected chi connectivity index (χ2v) is 9.11. The summed E-state index contributed by atoms with van der Waals surface area (Å²) in [5, 5.41) is 14.6. The number of para-hydroxylation sites is 2. The first kappa shape index (κ1) is 24.6. The van der Waals surface area contributed by atoms with E-state index in [1.54, 1.807) is 6.20 Å². The van der Waals surface area contributed by atoms with E-state index in [0.29, 0.717) is 6.42 Å². The van der Waals surface area contributed by atoms with Crippen molar-refractivity contribution in [2.75, 3.05) is 37.7 Å². The Bertz CT molecular complexity index is 746. The van der Waals surface area contributed by atoms with Crippen LogP contribution in [0, 0.1) is 0 Å². The lowest BCUT2D eigenvalue weighted by molar-refractivity contribution is 0.0164. The SMILES string of the molecule is CCCCCC(O)(CCCCCCOc1ccccc1N1CCNCC1)Cc1ncc[nH]1. The summed E-state index contributed by atoms with van der Waals surface area (Å²) in [7, 11) is 0. The number of hydrogen-bond acceptors (Lipinski definition) is 5. The van der Waals surface area contributed by atoms with Crippen LogP contribution in [0.1, 0.15) is 70.5 Å². The van der Waals surface area contributed by atoms with Crippen LogP contribution < -0.4 is 15.0 Å². The number of hydrogen-bond donors (Lipinski definition) is 3. The number of aromatic nitrogens is 2. The number of unbranched alkanes of at least 4 members (excludes halogenated alkanes) is 5. The van der Waals surface area contributed by atoms with Gasteiger partial charge in [-0.05, 0) is 31.4 Å². The molecule has 1 aromatic carbocycles. The number of H-pyrrole nitrogens is 1. The summed E-state index contributed by atoms with van der Waals surface area (Å²) < 4.78 is 6.15. The van der Waals surface area contributed by atoms with Crippen molar-refractivity contribution >= 4 is 5.69 Å². The molecule has 32 heavy (non-hydrogen) atoms. The lowest BCUT2D eigenvalue weighted by Gasteiger charge is -2.30. The minimum atomic E-state index is -0.647. The first-order valence-electron chi connectivity index (χ1n) is 12.6. The average Bonchev–Trinajstić information content (AvgIpc) is 3.32. The largest absolute Gasteiger partial charge is 0.491 e. The fourth-order valence-electron chi connectivity index (χ4n) is 4.55. The zero-order chi connectivity index (χ0) is 22.5. The van der Waals surface area contributed by atoms with Gasteiger partial charge in [-0.2, -0.15) is 0 Å². The van der Waals surface area contributed by atoms with Crippen molar-refractivity contribution in [1.29, 1.82) is 0 Å². The minimum Gasteiger partial charge on any atom is -0.491 e. The third-order valence-electron chi connectivity index (χ3n) is 6.41. The fourth-order valence-corrected chi connectivity index (χ4v) is 4.55. The van der Waals surface area contributed by atoms with Gasteiger partial charge in [0.25, 0.3) is 0 Å². The molecule has 1 aliphatic heterocycles. The molecule has 1 saturated heterocycles. The highest BCUT2D eigenvalue weighted by molar-refractivity contribution is 5.58. The highest BCUT2D eigenvalue weighted by Crippen LogP contribution is 2.29. The molecule has 1 fully saturated rings. The second-order valence-electron chi connectivity index (χ2n) is 9.11. The number of anilines is 1. The van der Waals surface area contributed by atoms with E-state index in [4.69, 9.17) is 4.74 Å². The molecule has 1 aliphatic rings. The lowest BCUT2D eigenvalue weighted by Crippen LogP contribution is -2.43. The van der Waals surface area contributed by atoms with E-state index in [9.17, 15) is 5.11 Å². The maximum Gasteiger partial charge on any atom is 0.142 e. The zero-order valence-corrected chi connectivity index (χ0v) is 19.8. The van der Waals surface area contributed by atoms with E-state index >= 15 is 0 Å². The smallest absolute Gasteiger partial charge is 0.142 e. The van der Waals surface area contributed by atoms with Gasteiger partial charge < -0.3 is 25.0 Å². The van der Waals surface area contributed by atoms with Gasteiger partial charge in [0.1, 0.15) is 11.6 Å². The summed E-state index contributed by atoms with van der Waals surface area (Å²) in [4.78, 5) is 9.89. The predicted molar refractivity (Wildman–Crippen MR) is 131 cm³/mol. The Labute approximate surface area is 193 Å². The topological polar surface area (TPSA) is 73.4 Å². The number of nitrogens with one attached hydrogen (secondary N) is 2. The molecule has 2 heterocycles. The summed E-state index contributed by atoms with van der Waals surface area (Å²) >= 11 is 0. The zero-order valence-electron chi connectivity index (χ0n) is 19.8. The quantitative estimate of drug-likeness (QED) is 0.349. The molecular weight excluding hydrogens is 400 g/mol. The van der Waals surface area contributed by atoms with Gasteiger partial charge >= 0.3 is 0 Å². The van der Waals surface area contributed by atoms with Crippen LogP contribution in [0.25, 0.3) is 0 Å². The molecule has 0 saturated carbocycles. The standard InChI is InChI=1S/C26H42N4O2/c1-2-3-8-13-26(31,22-25-28-15-16-29-25)14-9-4-5-10-21-32-24-12-7-6-11-23(24)30-19-17-27-18-20-30/h6-7,11-12,15-16,27,31H,2-5,8-10,13-14,17-22H2,1H3,(H,28,29). The number of nitrogens with zero attached hydrogens (tertiary/aromatic N) is 2. The highest BCUT2D eigenvalue weighted by Gasteiger charge is 2.27. The maximum atomic E-state index is 11.2. The van der Waals surface area contributed by atoms with Crippen molar-refractivity contribution < 1.29 is 9.84 Å². The van der Waals surface area contributed by atoms with Crippen molar-refractivity contribution in [3.05, 3.63) is 42.5 Å². The number of aliphatic hydroxyl groups is 1. The first-order chi connectivity index (χ1) is 15.7. The van der Waals surface area contributed by atoms with Crippen molar-refractivity contribution in [3.63, 3.8) is 0 Å². The van der Waals surface area contributed by atoms with Gasteiger partial charge in [0.2, 0.25) is 0 Å². The molecule has 6 heteroatoms. The van der Waals surface area contributed by atoms with Crippen molar-refractivity contribution in [3.8, 4) is 5.75 Å². The van der Waals surface area contributed by atoms with Gasteiger partial charge in [-0.25, -0.2) is 4.98 Å². The van der Waals surface area contributed by atoms with Crippen LogP contribution in [0.2, 0.25) is 0 Å². The Morgan fingerprint density at radius 3 is 2.53 bits per heavy atom. The van der Waals surface area contributed by atoms with Crippen LogP contribution >= 0.6 is 0 Å². The Balaban J connectivity index is 1.36. The van der Waals surface area contributed by atoms with Crippen LogP contribution in [0.3, 0.4) is 0 Å².